The summed E-state index contributed by atoms with van der Waals surface area (Å²) in [5, 5.41) is 19.5. The van der Waals surface area contributed by atoms with Crippen LogP contribution < -0.4 is 4.74 Å². The van der Waals surface area contributed by atoms with Gasteiger partial charge in [0.2, 0.25) is 0 Å². The van der Waals surface area contributed by atoms with Crippen molar-refractivity contribution in [2.24, 2.45) is 5.41 Å². The maximum atomic E-state index is 11.4. The van der Waals surface area contributed by atoms with Crippen molar-refractivity contribution in [3.8, 4) is 11.5 Å². The van der Waals surface area contributed by atoms with Gasteiger partial charge in [-0.2, -0.15) is 0 Å². The molecule has 0 fully saturated rings. The summed E-state index contributed by atoms with van der Waals surface area (Å²) in [6.45, 7) is 10.9. The number of phenolic OH excluding ortho intramolecular Hbond substituents is 1. The van der Waals surface area contributed by atoms with Crippen LogP contribution in [-0.2, 0) is 16.0 Å². The van der Waals surface area contributed by atoms with E-state index in [2.05, 4.69) is 0 Å². The fraction of sp³-hybridized carbons (Fsp3) is 0.600. The summed E-state index contributed by atoms with van der Waals surface area (Å²) in [5.74, 6) is 0.228. The predicted octanol–water partition coefficient (Wildman–Crippen LogP) is 4.11. The highest BCUT2D eigenvalue weighted by molar-refractivity contribution is 5.76. The van der Waals surface area contributed by atoms with Gasteiger partial charge in [0.15, 0.2) is 0 Å². The minimum Gasteiger partial charge on any atom is -0.507 e. The molecule has 0 amide bonds. The number of carboxylic acids is 1. The first-order valence-corrected chi connectivity index (χ1v) is 8.66. The van der Waals surface area contributed by atoms with E-state index in [9.17, 15) is 19.8 Å². The summed E-state index contributed by atoms with van der Waals surface area (Å²) in [4.78, 5) is 22.5. The Bertz CT molecular complexity index is 659. The number of benzene rings is 1. The number of phenols is 1. The van der Waals surface area contributed by atoms with Crippen molar-refractivity contribution in [2.45, 2.75) is 67.2 Å². The van der Waals surface area contributed by atoms with Crippen LogP contribution in [0.5, 0.6) is 11.5 Å². The molecule has 0 spiro atoms. The lowest BCUT2D eigenvalue weighted by molar-refractivity contribution is -0.147. The van der Waals surface area contributed by atoms with Crippen LogP contribution in [-0.4, -0.2) is 28.6 Å². The average molecular weight is 350 g/mol. The van der Waals surface area contributed by atoms with Crippen LogP contribution in [0.1, 0.15) is 62.3 Å². The molecule has 5 heteroatoms. The summed E-state index contributed by atoms with van der Waals surface area (Å²) in [6, 6.07) is 0. The van der Waals surface area contributed by atoms with Crippen molar-refractivity contribution in [3.05, 3.63) is 22.3 Å². The van der Waals surface area contributed by atoms with E-state index in [0.717, 1.165) is 22.3 Å². The quantitative estimate of drug-likeness (QED) is 0.655. The zero-order chi connectivity index (χ0) is 19.4. The zero-order valence-corrected chi connectivity index (χ0v) is 16.2. The van der Waals surface area contributed by atoms with E-state index in [1.807, 2.05) is 20.8 Å². The van der Waals surface area contributed by atoms with E-state index in [0.29, 0.717) is 38.0 Å². The lowest BCUT2D eigenvalue weighted by atomic mass is 9.88. The minimum atomic E-state index is -0.817. The summed E-state index contributed by atoms with van der Waals surface area (Å²) >= 11 is 0. The second-order valence-corrected chi connectivity index (χ2v) is 7.37. The van der Waals surface area contributed by atoms with Crippen LogP contribution in [0, 0.1) is 26.2 Å². The Morgan fingerprint density at radius 3 is 2.20 bits per heavy atom. The van der Waals surface area contributed by atoms with Gasteiger partial charge >= 0.3 is 5.97 Å². The Labute approximate surface area is 150 Å². The molecule has 1 aromatic rings. The molecule has 0 aliphatic heterocycles. The summed E-state index contributed by atoms with van der Waals surface area (Å²) in [7, 11) is 0. The van der Waals surface area contributed by atoms with Crippen LogP contribution in [0.3, 0.4) is 0 Å². The second kappa shape index (κ2) is 8.37. The molecular formula is C20H30O5. The van der Waals surface area contributed by atoms with Crippen molar-refractivity contribution >= 4 is 11.8 Å². The first-order valence-electron chi connectivity index (χ1n) is 8.66. The number of ether oxygens (including phenoxy) is 1. The van der Waals surface area contributed by atoms with Crippen LogP contribution in [0.25, 0.3) is 0 Å². The normalized spacial score (nSPS) is 11.4. The van der Waals surface area contributed by atoms with Crippen molar-refractivity contribution in [1.82, 2.24) is 0 Å². The maximum absolute atomic E-state index is 11.4. The summed E-state index contributed by atoms with van der Waals surface area (Å²) in [6.07, 6.45) is 2.04. The molecule has 0 radical (unpaired) electrons. The molecule has 0 atom stereocenters. The minimum absolute atomic E-state index is 0.0891. The number of aromatic hydroxyl groups is 1. The van der Waals surface area contributed by atoms with Gasteiger partial charge < -0.3 is 19.7 Å². The lowest BCUT2D eigenvalue weighted by Crippen LogP contribution is -2.24. The predicted molar refractivity (Wildman–Crippen MR) is 97.5 cm³/mol. The zero-order valence-electron chi connectivity index (χ0n) is 16.2. The molecule has 0 aliphatic carbocycles. The molecule has 0 unspecified atom stereocenters. The third kappa shape index (κ3) is 5.21. The molecule has 0 aromatic heterocycles. The smallest absolute Gasteiger partial charge is 0.309 e. The maximum Gasteiger partial charge on any atom is 0.309 e. The van der Waals surface area contributed by atoms with Crippen LogP contribution in [0.2, 0.25) is 0 Å². The largest absolute Gasteiger partial charge is 0.507 e. The van der Waals surface area contributed by atoms with E-state index in [1.54, 1.807) is 20.8 Å². The second-order valence-electron chi connectivity index (χ2n) is 7.37. The first kappa shape index (κ1) is 21.0. The Morgan fingerprint density at radius 2 is 1.68 bits per heavy atom. The van der Waals surface area contributed by atoms with Gasteiger partial charge in [-0.05, 0) is 77.5 Å². The highest BCUT2D eigenvalue weighted by Gasteiger charge is 2.26. The van der Waals surface area contributed by atoms with Crippen LogP contribution >= 0.6 is 0 Å². The van der Waals surface area contributed by atoms with E-state index in [4.69, 9.17) is 4.74 Å². The average Bonchev–Trinajstić information content (AvgIpc) is 2.52. The van der Waals surface area contributed by atoms with E-state index in [-0.39, 0.29) is 11.5 Å². The molecule has 5 nitrogen and oxygen atoms in total. The SMILES string of the molecule is CC(=O)CCc1c(C)c(O)c(C)c(C)c1OCCCC(C)(C)C(=O)O. The topological polar surface area (TPSA) is 83.8 Å². The van der Waals surface area contributed by atoms with E-state index in [1.165, 1.54) is 0 Å². The number of ketones is 1. The molecule has 1 rings (SSSR count). The standard InChI is InChI=1S/C20H30O5/c1-12(21)8-9-16-15(4)17(22)13(2)14(3)18(16)25-11-7-10-20(5,6)19(23)24/h22H,7-11H2,1-6H3,(H,23,24). The molecule has 2 N–H and O–H groups in total. The Hall–Kier alpha value is -2.04. The fourth-order valence-corrected chi connectivity index (χ4v) is 2.76. The molecule has 0 aliphatic rings. The molecule has 0 bridgehead atoms. The van der Waals surface area contributed by atoms with Gasteiger partial charge in [0.05, 0.1) is 12.0 Å². The van der Waals surface area contributed by atoms with Crippen molar-refractivity contribution in [3.63, 3.8) is 0 Å². The monoisotopic (exact) mass is 350 g/mol. The number of Topliss-reactive ketones (excluding diaryl/α,β-unsaturated/α-hetero) is 1. The third-order valence-electron chi connectivity index (χ3n) is 4.84. The Kier molecular flexibility index (Phi) is 7.03. The fourth-order valence-electron chi connectivity index (χ4n) is 2.76. The molecule has 0 saturated heterocycles. The van der Waals surface area contributed by atoms with Crippen molar-refractivity contribution in [2.75, 3.05) is 6.61 Å². The Morgan fingerprint density at radius 1 is 1.08 bits per heavy atom. The first-order chi connectivity index (χ1) is 11.5. The number of carbonyl (C=O) groups is 2. The number of carbonyl (C=O) groups excluding carboxylic acids is 1. The van der Waals surface area contributed by atoms with Gasteiger partial charge in [-0.25, -0.2) is 0 Å². The number of rotatable bonds is 9. The number of hydrogen-bond acceptors (Lipinski definition) is 4. The molecule has 140 valence electrons. The lowest BCUT2D eigenvalue weighted by Gasteiger charge is -2.22. The number of carboxylic acid groups (broad SMARTS) is 1. The molecule has 25 heavy (non-hydrogen) atoms. The van der Waals surface area contributed by atoms with Gasteiger partial charge in [0, 0.05) is 12.0 Å². The van der Waals surface area contributed by atoms with Gasteiger partial charge in [-0.1, -0.05) is 0 Å². The van der Waals surface area contributed by atoms with Crippen molar-refractivity contribution < 1.29 is 24.5 Å². The molecular weight excluding hydrogens is 320 g/mol. The van der Waals surface area contributed by atoms with Crippen molar-refractivity contribution in [1.29, 1.82) is 0 Å². The molecule has 0 saturated carbocycles. The van der Waals surface area contributed by atoms with Gasteiger partial charge in [0.1, 0.15) is 17.3 Å². The summed E-state index contributed by atoms with van der Waals surface area (Å²) < 4.78 is 5.98. The van der Waals surface area contributed by atoms with Gasteiger partial charge in [-0.3, -0.25) is 4.79 Å². The Balaban J connectivity index is 2.97. The van der Waals surface area contributed by atoms with Gasteiger partial charge in [-0.15, -0.1) is 0 Å². The third-order valence-corrected chi connectivity index (χ3v) is 4.84. The molecule has 1 aromatic carbocycles. The van der Waals surface area contributed by atoms with Gasteiger partial charge in [0.25, 0.3) is 0 Å². The van der Waals surface area contributed by atoms with Crippen LogP contribution in [0.4, 0.5) is 0 Å². The number of hydrogen-bond donors (Lipinski definition) is 2. The van der Waals surface area contributed by atoms with Crippen LogP contribution in [0.15, 0.2) is 0 Å². The number of aliphatic carboxylic acids is 1. The highest BCUT2D eigenvalue weighted by atomic mass is 16.5. The molecule has 0 heterocycles. The van der Waals surface area contributed by atoms with E-state index < -0.39 is 11.4 Å². The highest BCUT2D eigenvalue weighted by Crippen LogP contribution is 2.38. The summed E-state index contributed by atoms with van der Waals surface area (Å²) in [5.41, 5.74) is 2.44. The van der Waals surface area contributed by atoms with E-state index >= 15 is 0 Å².